The Morgan fingerprint density at radius 2 is 1.86 bits per heavy atom. The first kappa shape index (κ1) is 20.1. The lowest BCUT2D eigenvalue weighted by atomic mass is 10.1. The number of para-hydroxylation sites is 1. The van der Waals surface area contributed by atoms with Crippen LogP contribution < -0.4 is 5.32 Å². The van der Waals surface area contributed by atoms with E-state index in [0.717, 1.165) is 22.5 Å². The van der Waals surface area contributed by atoms with E-state index in [4.69, 9.17) is 0 Å². The van der Waals surface area contributed by atoms with E-state index in [1.165, 1.54) is 36.2 Å². The van der Waals surface area contributed by atoms with E-state index < -0.39 is 0 Å². The van der Waals surface area contributed by atoms with E-state index in [1.54, 1.807) is 0 Å². The van der Waals surface area contributed by atoms with E-state index in [1.807, 2.05) is 31.2 Å². The Hall–Kier alpha value is -3.62. The fourth-order valence-electron chi connectivity index (χ4n) is 2.71. The number of carbonyl (C=O) groups is 2. The maximum absolute atomic E-state index is 13.0. The first-order valence-electron chi connectivity index (χ1n) is 9.11. The molecule has 0 unspecified atom stereocenters. The van der Waals surface area contributed by atoms with Gasteiger partial charge in [0.05, 0.1) is 6.54 Å². The Bertz CT molecular complexity index is 1000. The van der Waals surface area contributed by atoms with Crippen molar-refractivity contribution in [3.63, 3.8) is 0 Å². The third kappa shape index (κ3) is 5.22. The molecule has 0 saturated carbocycles. The number of rotatable bonds is 7. The van der Waals surface area contributed by atoms with Crippen molar-refractivity contribution in [2.24, 2.45) is 0 Å². The number of aryl methyl sites for hydroxylation is 1. The molecule has 0 radical (unpaired) electrons. The standard InChI is InChI=1S/C20H21FN6O2/c1-3-14-6-4-5-7-17(14)22-18(28)12-26(2)19(29)13-27-24-20(23-25-27)15-8-10-16(21)11-9-15/h4-11H,3,12-13H2,1-2H3,(H,22,28). The van der Waals surface area contributed by atoms with Crippen molar-refractivity contribution in [2.45, 2.75) is 19.9 Å². The SMILES string of the molecule is CCc1ccccc1NC(=O)CN(C)C(=O)Cn1nnc(-c2ccc(F)cc2)n1. The highest BCUT2D eigenvalue weighted by molar-refractivity contribution is 5.95. The molecule has 2 aromatic carbocycles. The van der Waals surface area contributed by atoms with Crippen LogP contribution in [0.15, 0.2) is 48.5 Å². The van der Waals surface area contributed by atoms with Gasteiger partial charge in [-0.2, -0.15) is 4.80 Å². The molecule has 0 atom stereocenters. The molecular formula is C20H21FN6O2. The van der Waals surface area contributed by atoms with Crippen molar-refractivity contribution in [1.29, 1.82) is 0 Å². The largest absolute Gasteiger partial charge is 0.335 e. The zero-order valence-electron chi connectivity index (χ0n) is 16.2. The molecule has 0 aliphatic carbocycles. The van der Waals surface area contributed by atoms with Gasteiger partial charge < -0.3 is 10.2 Å². The van der Waals surface area contributed by atoms with E-state index in [9.17, 15) is 14.0 Å². The van der Waals surface area contributed by atoms with Crippen LogP contribution in [0.2, 0.25) is 0 Å². The topological polar surface area (TPSA) is 93.0 Å². The van der Waals surface area contributed by atoms with E-state index in [2.05, 4.69) is 20.7 Å². The molecule has 0 fully saturated rings. The summed E-state index contributed by atoms with van der Waals surface area (Å²) >= 11 is 0. The molecule has 9 heteroatoms. The zero-order valence-corrected chi connectivity index (χ0v) is 16.2. The summed E-state index contributed by atoms with van der Waals surface area (Å²) in [5.41, 5.74) is 2.35. The number of likely N-dealkylation sites (N-methyl/N-ethyl adjacent to an activating group) is 1. The summed E-state index contributed by atoms with van der Waals surface area (Å²) < 4.78 is 13.0. The molecule has 2 amide bonds. The van der Waals surface area contributed by atoms with Crippen molar-refractivity contribution in [2.75, 3.05) is 18.9 Å². The van der Waals surface area contributed by atoms with Gasteiger partial charge >= 0.3 is 0 Å². The molecule has 29 heavy (non-hydrogen) atoms. The van der Waals surface area contributed by atoms with Crippen LogP contribution in [0.3, 0.4) is 0 Å². The minimum absolute atomic E-state index is 0.101. The summed E-state index contributed by atoms with van der Waals surface area (Å²) in [5.74, 6) is -0.709. The number of carbonyl (C=O) groups excluding carboxylic acids is 2. The molecule has 3 aromatic rings. The number of hydrogen-bond donors (Lipinski definition) is 1. The molecule has 0 aliphatic heterocycles. The van der Waals surface area contributed by atoms with Gasteiger partial charge in [0.15, 0.2) is 0 Å². The van der Waals surface area contributed by atoms with Gasteiger partial charge in [-0.05, 0) is 47.5 Å². The van der Waals surface area contributed by atoms with Gasteiger partial charge in [-0.25, -0.2) is 4.39 Å². The Morgan fingerprint density at radius 1 is 1.14 bits per heavy atom. The van der Waals surface area contributed by atoms with E-state index >= 15 is 0 Å². The van der Waals surface area contributed by atoms with Crippen LogP contribution in [-0.4, -0.2) is 50.5 Å². The number of amides is 2. The molecule has 1 N–H and O–H groups in total. The molecule has 150 valence electrons. The van der Waals surface area contributed by atoms with Crippen LogP contribution in [0, 0.1) is 5.82 Å². The molecule has 0 saturated heterocycles. The first-order chi connectivity index (χ1) is 14.0. The average molecular weight is 396 g/mol. The highest BCUT2D eigenvalue weighted by Gasteiger charge is 2.16. The van der Waals surface area contributed by atoms with Crippen LogP contribution in [0.25, 0.3) is 11.4 Å². The summed E-state index contributed by atoms with van der Waals surface area (Å²) in [6.45, 7) is 1.74. The predicted molar refractivity (Wildman–Crippen MR) is 105 cm³/mol. The Labute approximate surface area is 167 Å². The lowest BCUT2D eigenvalue weighted by molar-refractivity contribution is -0.134. The molecule has 3 rings (SSSR count). The number of benzene rings is 2. The average Bonchev–Trinajstić information content (AvgIpc) is 3.17. The Morgan fingerprint density at radius 3 is 2.59 bits per heavy atom. The van der Waals surface area contributed by atoms with Crippen molar-refractivity contribution in [3.05, 3.63) is 59.9 Å². The van der Waals surface area contributed by atoms with Gasteiger partial charge in [0.25, 0.3) is 0 Å². The molecule has 0 spiro atoms. The molecule has 0 bridgehead atoms. The van der Waals surface area contributed by atoms with Crippen LogP contribution in [0.4, 0.5) is 10.1 Å². The van der Waals surface area contributed by atoms with Gasteiger partial charge in [-0.3, -0.25) is 9.59 Å². The van der Waals surface area contributed by atoms with E-state index in [0.29, 0.717) is 5.56 Å². The molecule has 1 aromatic heterocycles. The van der Waals surface area contributed by atoms with Gasteiger partial charge in [0.2, 0.25) is 17.6 Å². The third-order valence-corrected chi connectivity index (χ3v) is 4.31. The summed E-state index contributed by atoms with van der Waals surface area (Å²) in [6, 6.07) is 13.2. The van der Waals surface area contributed by atoms with Gasteiger partial charge in [0.1, 0.15) is 12.4 Å². The molecule has 0 aliphatic rings. The van der Waals surface area contributed by atoms with Crippen molar-refractivity contribution in [1.82, 2.24) is 25.1 Å². The number of tetrazole rings is 1. The number of nitrogens with zero attached hydrogens (tertiary/aromatic N) is 5. The number of aromatic nitrogens is 4. The fraction of sp³-hybridized carbons (Fsp3) is 0.250. The second-order valence-electron chi connectivity index (χ2n) is 6.46. The normalized spacial score (nSPS) is 10.6. The summed E-state index contributed by atoms with van der Waals surface area (Å²) in [5, 5.41) is 14.7. The monoisotopic (exact) mass is 396 g/mol. The van der Waals surface area contributed by atoms with Crippen LogP contribution >= 0.6 is 0 Å². The smallest absolute Gasteiger partial charge is 0.246 e. The molecule has 8 nitrogen and oxygen atoms in total. The van der Waals surface area contributed by atoms with Gasteiger partial charge in [-0.15, -0.1) is 10.2 Å². The van der Waals surface area contributed by atoms with E-state index in [-0.39, 0.29) is 36.5 Å². The van der Waals surface area contributed by atoms with Crippen LogP contribution in [0.1, 0.15) is 12.5 Å². The second-order valence-corrected chi connectivity index (χ2v) is 6.46. The zero-order chi connectivity index (χ0) is 20.8. The maximum Gasteiger partial charge on any atom is 0.246 e. The minimum atomic E-state index is -0.363. The minimum Gasteiger partial charge on any atom is -0.335 e. The number of anilines is 1. The van der Waals surface area contributed by atoms with Crippen molar-refractivity contribution in [3.8, 4) is 11.4 Å². The van der Waals surface area contributed by atoms with Crippen LogP contribution in [-0.2, 0) is 22.6 Å². The second kappa shape index (κ2) is 9.05. The lowest BCUT2D eigenvalue weighted by Crippen LogP contribution is -2.37. The maximum atomic E-state index is 13.0. The highest BCUT2D eigenvalue weighted by atomic mass is 19.1. The van der Waals surface area contributed by atoms with Crippen molar-refractivity contribution >= 4 is 17.5 Å². The predicted octanol–water partition coefficient (Wildman–Crippen LogP) is 2.14. The Kier molecular flexibility index (Phi) is 6.28. The first-order valence-corrected chi connectivity index (χ1v) is 9.11. The van der Waals surface area contributed by atoms with Gasteiger partial charge in [-0.1, -0.05) is 25.1 Å². The third-order valence-electron chi connectivity index (χ3n) is 4.31. The number of halogens is 1. The van der Waals surface area contributed by atoms with Crippen LogP contribution in [0.5, 0.6) is 0 Å². The molecular weight excluding hydrogens is 375 g/mol. The fourth-order valence-corrected chi connectivity index (χ4v) is 2.71. The quantitative estimate of drug-likeness (QED) is 0.660. The summed E-state index contributed by atoms with van der Waals surface area (Å²) in [7, 11) is 1.53. The lowest BCUT2D eigenvalue weighted by Gasteiger charge is -2.17. The highest BCUT2D eigenvalue weighted by Crippen LogP contribution is 2.15. The molecule has 1 heterocycles. The van der Waals surface area contributed by atoms with Crippen molar-refractivity contribution < 1.29 is 14.0 Å². The summed E-state index contributed by atoms with van der Waals surface area (Å²) in [6.07, 6.45) is 0.791. The number of nitrogens with one attached hydrogen (secondary N) is 1. The summed E-state index contributed by atoms with van der Waals surface area (Å²) in [4.78, 5) is 27.1. The Balaban J connectivity index is 1.56. The van der Waals surface area contributed by atoms with Gasteiger partial charge in [0, 0.05) is 18.3 Å². The number of hydrogen-bond acceptors (Lipinski definition) is 5.